The largest absolute Gasteiger partial charge is 0.340 e. The molecule has 0 amide bonds. The van der Waals surface area contributed by atoms with Crippen LogP contribution in [0.3, 0.4) is 0 Å². The Morgan fingerprint density at radius 3 is 2.25 bits per heavy atom. The first-order chi connectivity index (χ1) is 5.27. The minimum Gasteiger partial charge on any atom is -0.276 e. The lowest BCUT2D eigenvalue weighted by Crippen LogP contribution is -2.34. The first-order valence-electron chi connectivity index (χ1n) is 3.61. The Bertz CT molecular complexity index is 294. The smallest absolute Gasteiger partial charge is 0.276 e. The zero-order valence-electron chi connectivity index (χ0n) is 7.53. The van der Waals surface area contributed by atoms with E-state index in [4.69, 9.17) is 4.55 Å². The van der Waals surface area contributed by atoms with Gasteiger partial charge in [-0.1, -0.05) is 6.92 Å². The molecule has 0 radical (unpaired) electrons. The molecule has 0 heterocycles. The van der Waals surface area contributed by atoms with Crippen LogP contribution in [0.15, 0.2) is 0 Å². The summed E-state index contributed by atoms with van der Waals surface area (Å²) in [5, 5.41) is 1.80. The van der Waals surface area contributed by atoms with Crippen LogP contribution in [-0.4, -0.2) is 38.1 Å². The highest BCUT2D eigenvalue weighted by Gasteiger charge is 2.10. The molecule has 4 nitrogen and oxygen atoms in total. The highest BCUT2D eigenvalue weighted by Crippen LogP contribution is 1.95. The molecule has 70 valence electrons. The molecule has 1 N–H and O–H groups in total. The second kappa shape index (κ2) is 3.90. The van der Waals surface area contributed by atoms with Crippen LogP contribution in [0.25, 0.3) is 0 Å². The van der Waals surface area contributed by atoms with Gasteiger partial charge in [-0.15, -0.1) is 0 Å². The lowest BCUT2D eigenvalue weighted by atomic mass is 10.4. The van der Waals surface area contributed by atoms with Gasteiger partial charge in [0.05, 0.1) is 20.6 Å². The third kappa shape index (κ3) is 6.16. The van der Waals surface area contributed by atoms with Gasteiger partial charge in [0.1, 0.15) is 5.25 Å². The quantitative estimate of drug-likeness (QED) is 0.388. The summed E-state index contributed by atoms with van der Waals surface area (Å²) in [4.78, 5) is 0. The first-order valence-corrected chi connectivity index (χ1v) is 5.05. The van der Waals surface area contributed by atoms with Crippen molar-refractivity contribution in [1.29, 1.82) is 0 Å². The lowest BCUT2D eigenvalue weighted by Gasteiger charge is -2.19. The Labute approximate surface area is 73.5 Å². The van der Waals surface area contributed by atoms with Gasteiger partial charge >= 0.3 is 10.1 Å². The third-order valence-corrected chi connectivity index (χ3v) is 1.61. The molecule has 0 aromatic heterocycles. The molecule has 0 atom stereocenters. The van der Waals surface area contributed by atoms with Crippen LogP contribution in [0.1, 0.15) is 13.3 Å². The number of hydrogen-bond donors (Lipinski definition) is 1. The maximum atomic E-state index is 10.3. The molecule has 0 unspecified atom stereocenters. The Balaban J connectivity index is 4.49. The number of rotatable bonds is 2. The van der Waals surface area contributed by atoms with Crippen LogP contribution in [0.5, 0.6) is 0 Å². The van der Waals surface area contributed by atoms with Crippen molar-refractivity contribution in [3.8, 4) is 11.3 Å². The molecule has 0 saturated heterocycles. The normalized spacial score (nSPS) is 12.0. The summed E-state index contributed by atoms with van der Waals surface area (Å²) >= 11 is 0. The highest BCUT2D eigenvalue weighted by molar-refractivity contribution is 7.90. The fourth-order valence-electron chi connectivity index (χ4n) is 0.796. The van der Waals surface area contributed by atoms with Gasteiger partial charge in [-0.05, 0) is 6.42 Å². The van der Waals surface area contributed by atoms with E-state index < -0.39 is 10.1 Å². The minimum atomic E-state index is -4.15. The summed E-state index contributed by atoms with van der Waals surface area (Å²) in [7, 11) is -0.593. The van der Waals surface area contributed by atoms with Crippen molar-refractivity contribution >= 4 is 10.1 Å². The second-order valence-corrected chi connectivity index (χ2v) is 4.25. The van der Waals surface area contributed by atoms with E-state index >= 15 is 0 Å². The Morgan fingerprint density at radius 2 is 1.92 bits per heavy atom. The van der Waals surface area contributed by atoms with Crippen molar-refractivity contribution in [3.63, 3.8) is 0 Å². The van der Waals surface area contributed by atoms with Crippen molar-refractivity contribution in [1.82, 2.24) is 0 Å². The fraction of sp³-hybridized carbons (Fsp3) is 0.714. The van der Waals surface area contributed by atoms with Gasteiger partial charge in [0, 0.05) is 0 Å². The second-order valence-electron chi connectivity index (χ2n) is 3.10. The first kappa shape index (κ1) is 11.4. The van der Waals surface area contributed by atoms with E-state index in [2.05, 4.69) is 6.04 Å². The van der Waals surface area contributed by atoms with Gasteiger partial charge in [0.25, 0.3) is 0 Å². The summed E-state index contributed by atoms with van der Waals surface area (Å²) in [5.74, 6) is 0. The highest BCUT2D eigenvalue weighted by atomic mass is 32.2. The van der Waals surface area contributed by atoms with Crippen LogP contribution in [-0.2, 0) is 10.1 Å². The summed E-state index contributed by atoms with van der Waals surface area (Å²) in [6.07, 6.45) is 0.910. The Hall–Kier alpha value is -0.570. The van der Waals surface area contributed by atoms with E-state index in [0.717, 1.165) is 13.0 Å². The van der Waals surface area contributed by atoms with Crippen LogP contribution in [0.4, 0.5) is 0 Å². The average molecular weight is 192 g/mol. The number of quaternary nitrogens is 1. The molecule has 0 spiro atoms. The van der Waals surface area contributed by atoms with Crippen LogP contribution >= 0.6 is 0 Å². The molecule has 12 heavy (non-hydrogen) atoms. The molecule has 5 heteroatoms. The van der Waals surface area contributed by atoms with Gasteiger partial charge < -0.3 is 0 Å². The van der Waals surface area contributed by atoms with Gasteiger partial charge in [-0.3, -0.25) is 9.04 Å². The number of nitrogens with zero attached hydrogens (tertiary/aromatic N) is 1. The monoisotopic (exact) mass is 192 g/mol. The fourth-order valence-corrected chi connectivity index (χ4v) is 1.16. The van der Waals surface area contributed by atoms with Crippen molar-refractivity contribution in [2.24, 2.45) is 0 Å². The topological polar surface area (TPSA) is 54.4 Å². The minimum absolute atomic E-state index is 0.274. The average Bonchev–Trinajstić information content (AvgIpc) is 1.83. The van der Waals surface area contributed by atoms with E-state index in [-0.39, 0.29) is 4.48 Å². The van der Waals surface area contributed by atoms with Gasteiger partial charge in [0.2, 0.25) is 0 Å². The molecular weight excluding hydrogens is 178 g/mol. The predicted molar refractivity (Wildman–Crippen MR) is 46.6 cm³/mol. The van der Waals surface area contributed by atoms with Gasteiger partial charge in [-0.2, -0.15) is 8.42 Å². The maximum Gasteiger partial charge on any atom is 0.340 e. The van der Waals surface area contributed by atoms with E-state index in [1.165, 1.54) is 0 Å². The van der Waals surface area contributed by atoms with Gasteiger partial charge in [-0.25, -0.2) is 0 Å². The molecule has 0 aromatic rings. The van der Waals surface area contributed by atoms with Crippen molar-refractivity contribution in [2.75, 3.05) is 20.6 Å². The molecule has 0 bridgehead atoms. The van der Waals surface area contributed by atoms with Crippen molar-refractivity contribution < 1.29 is 17.5 Å². The molecular formula is C7H14NO3S+. The Kier molecular flexibility index (Phi) is 3.71. The van der Waals surface area contributed by atoms with Crippen molar-refractivity contribution in [2.45, 2.75) is 13.3 Å². The summed E-state index contributed by atoms with van der Waals surface area (Å²) < 4.78 is 29.1. The summed E-state index contributed by atoms with van der Waals surface area (Å²) in [5.41, 5.74) is 0. The molecule has 0 saturated carbocycles. The zero-order chi connectivity index (χ0) is 9.83. The lowest BCUT2D eigenvalue weighted by molar-refractivity contribution is -0.822. The standard InChI is InChI=1S/C7H13NO3S/c1-4-5-8(2,3)6-7-12(9,10)11/h4-5H2,1-3H3/p+1. The SMILES string of the molecule is CCC[N+](C)(C)C#CS(=O)(=O)O. The molecule has 0 aliphatic rings. The van der Waals surface area contributed by atoms with E-state index in [1.54, 1.807) is 19.3 Å². The van der Waals surface area contributed by atoms with Crippen LogP contribution in [0.2, 0.25) is 0 Å². The van der Waals surface area contributed by atoms with Gasteiger partial charge in [0.15, 0.2) is 6.04 Å². The third-order valence-electron chi connectivity index (χ3n) is 1.26. The molecule has 0 aromatic carbocycles. The summed E-state index contributed by atoms with van der Waals surface area (Å²) in [6, 6.07) is 2.45. The molecule has 0 aliphatic carbocycles. The maximum absolute atomic E-state index is 10.3. The predicted octanol–water partition coefficient (Wildman–Crippen LogP) is 0.279. The summed E-state index contributed by atoms with van der Waals surface area (Å²) in [6.45, 7) is 2.73. The van der Waals surface area contributed by atoms with E-state index in [1.807, 2.05) is 6.92 Å². The van der Waals surface area contributed by atoms with Crippen LogP contribution < -0.4 is 0 Å². The zero-order valence-corrected chi connectivity index (χ0v) is 8.35. The van der Waals surface area contributed by atoms with Crippen molar-refractivity contribution in [3.05, 3.63) is 0 Å². The van der Waals surface area contributed by atoms with Crippen LogP contribution in [0, 0.1) is 11.3 Å². The van der Waals surface area contributed by atoms with E-state index in [0.29, 0.717) is 0 Å². The molecule has 0 fully saturated rings. The molecule has 0 aliphatic heterocycles. The Morgan fingerprint density at radius 1 is 1.42 bits per heavy atom. The van der Waals surface area contributed by atoms with E-state index in [9.17, 15) is 8.42 Å². The number of hydrogen-bond acceptors (Lipinski definition) is 2. The molecule has 0 rings (SSSR count).